The molecule has 0 radical (unpaired) electrons. The Balaban J connectivity index is 1.61. The SMILES string of the molecule is OC1(CNCC2CCCOC2)CCCC1. The van der Waals surface area contributed by atoms with E-state index in [4.69, 9.17) is 4.74 Å². The molecule has 1 aliphatic carbocycles. The molecule has 15 heavy (non-hydrogen) atoms. The molecule has 3 nitrogen and oxygen atoms in total. The zero-order chi connectivity index (χ0) is 10.6. The summed E-state index contributed by atoms with van der Waals surface area (Å²) in [6.45, 7) is 3.59. The van der Waals surface area contributed by atoms with Gasteiger partial charge in [0.1, 0.15) is 0 Å². The lowest BCUT2D eigenvalue weighted by molar-refractivity contribution is 0.0348. The van der Waals surface area contributed by atoms with Gasteiger partial charge in [-0.25, -0.2) is 0 Å². The Hall–Kier alpha value is -0.120. The second-order valence-electron chi connectivity index (χ2n) is 5.15. The molecule has 0 aromatic rings. The van der Waals surface area contributed by atoms with Crippen LogP contribution in [0.1, 0.15) is 38.5 Å². The Morgan fingerprint density at radius 2 is 2.07 bits per heavy atom. The molecule has 1 heterocycles. The maximum atomic E-state index is 10.1. The average Bonchev–Trinajstić information content (AvgIpc) is 2.67. The van der Waals surface area contributed by atoms with E-state index in [1.807, 2.05) is 0 Å². The monoisotopic (exact) mass is 213 g/mol. The molecule has 88 valence electrons. The van der Waals surface area contributed by atoms with Crippen molar-refractivity contribution < 1.29 is 9.84 Å². The van der Waals surface area contributed by atoms with Gasteiger partial charge in [0.15, 0.2) is 0 Å². The molecule has 0 amide bonds. The number of ether oxygens (including phenoxy) is 1. The third kappa shape index (κ3) is 3.44. The van der Waals surface area contributed by atoms with Crippen molar-refractivity contribution in [2.45, 2.75) is 44.1 Å². The van der Waals surface area contributed by atoms with Gasteiger partial charge in [-0.05, 0) is 31.6 Å². The van der Waals surface area contributed by atoms with E-state index in [9.17, 15) is 5.11 Å². The van der Waals surface area contributed by atoms with Crippen LogP contribution in [0.5, 0.6) is 0 Å². The molecular weight excluding hydrogens is 190 g/mol. The van der Waals surface area contributed by atoms with Crippen molar-refractivity contribution >= 4 is 0 Å². The first kappa shape index (κ1) is 11.4. The van der Waals surface area contributed by atoms with Gasteiger partial charge < -0.3 is 15.2 Å². The van der Waals surface area contributed by atoms with Gasteiger partial charge in [-0.2, -0.15) is 0 Å². The van der Waals surface area contributed by atoms with E-state index in [0.717, 1.165) is 39.1 Å². The summed E-state index contributed by atoms with van der Waals surface area (Å²) >= 11 is 0. The van der Waals surface area contributed by atoms with Crippen molar-refractivity contribution in [3.8, 4) is 0 Å². The number of nitrogens with one attached hydrogen (secondary N) is 1. The van der Waals surface area contributed by atoms with Crippen LogP contribution in [0.3, 0.4) is 0 Å². The summed E-state index contributed by atoms with van der Waals surface area (Å²) < 4.78 is 5.43. The number of hydrogen-bond donors (Lipinski definition) is 2. The zero-order valence-electron chi connectivity index (χ0n) is 9.50. The van der Waals surface area contributed by atoms with E-state index in [0.29, 0.717) is 5.92 Å². The molecule has 1 atom stereocenters. The maximum Gasteiger partial charge on any atom is 0.0771 e. The molecule has 2 fully saturated rings. The second-order valence-corrected chi connectivity index (χ2v) is 5.15. The van der Waals surface area contributed by atoms with E-state index in [1.54, 1.807) is 0 Å². The van der Waals surface area contributed by atoms with Gasteiger partial charge in [0, 0.05) is 19.7 Å². The number of aliphatic hydroxyl groups is 1. The third-order valence-corrected chi connectivity index (χ3v) is 3.68. The highest BCUT2D eigenvalue weighted by molar-refractivity contribution is 4.86. The van der Waals surface area contributed by atoms with Gasteiger partial charge in [0.05, 0.1) is 12.2 Å². The van der Waals surface area contributed by atoms with Crippen molar-refractivity contribution in [1.29, 1.82) is 0 Å². The Morgan fingerprint density at radius 1 is 1.27 bits per heavy atom. The third-order valence-electron chi connectivity index (χ3n) is 3.68. The fraction of sp³-hybridized carbons (Fsp3) is 1.00. The Morgan fingerprint density at radius 3 is 2.73 bits per heavy atom. The lowest BCUT2D eigenvalue weighted by Gasteiger charge is -2.26. The van der Waals surface area contributed by atoms with Crippen LogP contribution in [-0.2, 0) is 4.74 Å². The zero-order valence-corrected chi connectivity index (χ0v) is 9.50. The summed E-state index contributed by atoms with van der Waals surface area (Å²) in [4.78, 5) is 0. The summed E-state index contributed by atoms with van der Waals surface area (Å²) in [7, 11) is 0. The highest BCUT2D eigenvalue weighted by Crippen LogP contribution is 2.28. The smallest absolute Gasteiger partial charge is 0.0771 e. The van der Waals surface area contributed by atoms with Crippen LogP contribution in [0.15, 0.2) is 0 Å². The molecule has 3 heteroatoms. The van der Waals surface area contributed by atoms with E-state index >= 15 is 0 Å². The van der Waals surface area contributed by atoms with Crippen LogP contribution in [0.4, 0.5) is 0 Å². The first-order chi connectivity index (χ1) is 7.29. The molecule has 1 saturated carbocycles. The molecule has 1 unspecified atom stereocenters. The summed E-state index contributed by atoms with van der Waals surface area (Å²) in [5.74, 6) is 0.656. The summed E-state index contributed by atoms with van der Waals surface area (Å²) in [5, 5.41) is 13.5. The maximum absolute atomic E-state index is 10.1. The van der Waals surface area contributed by atoms with Gasteiger partial charge in [-0.3, -0.25) is 0 Å². The largest absolute Gasteiger partial charge is 0.389 e. The van der Waals surface area contributed by atoms with E-state index < -0.39 is 5.60 Å². The van der Waals surface area contributed by atoms with Gasteiger partial charge in [0.25, 0.3) is 0 Å². The quantitative estimate of drug-likeness (QED) is 0.740. The fourth-order valence-corrected chi connectivity index (χ4v) is 2.69. The minimum Gasteiger partial charge on any atom is -0.389 e. The van der Waals surface area contributed by atoms with Gasteiger partial charge in [0.2, 0.25) is 0 Å². The Bertz CT molecular complexity index is 184. The Labute approximate surface area is 92.2 Å². The first-order valence-corrected chi connectivity index (χ1v) is 6.29. The van der Waals surface area contributed by atoms with Crippen molar-refractivity contribution in [3.05, 3.63) is 0 Å². The van der Waals surface area contributed by atoms with Crippen LogP contribution < -0.4 is 5.32 Å². The van der Waals surface area contributed by atoms with E-state index in [2.05, 4.69) is 5.32 Å². The van der Waals surface area contributed by atoms with Crippen LogP contribution in [-0.4, -0.2) is 37.0 Å². The predicted molar refractivity (Wildman–Crippen MR) is 59.8 cm³/mol. The summed E-state index contributed by atoms with van der Waals surface area (Å²) in [6, 6.07) is 0. The van der Waals surface area contributed by atoms with Crippen LogP contribution in [0.2, 0.25) is 0 Å². The summed E-state index contributed by atoms with van der Waals surface area (Å²) in [6.07, 6.45) is 6.78. The average molecular weight is 213 g/mol. The molecule has 1 aliphatic heterocycles. The highest BCUT2D eigenvalue weighted by atomic mass is 16.5. The predicted octanol–water partition coefficient (Wildman–Crippen LogP) is 1.31. The molecule has 0 spiro atoms. The van der Waals surface area contributed by atoms with Crippen LogP contribution in [0.25, 0.3) is 0 Å². The van der Waals surface area contributed by atoms with Crippen molar-refractivity contribution in [1.82, 2.24) is 5.32 Å². The Kier molecular flexibility index (Phi) is 4.00. The van der Waals surface area contributed by atoms with Crippen molar-refractivity contribution in [2.24, 2.45) is 5.92 Å². The first-order valence-electron chi connectivity index (χ1n) is 6.29. The van der Waals surface area contributed by atoms with Gasteiger partial charge in [-0.1, -0.05) is 12.8 Å². The standard InChI is InChI=1S/C12H23NO2/c14-12(5-1-2-6-12)10-13-8-11-4-3-7-15-9-11/h11,13-14H,1-10H2. The van der Waals surface area contributed by atoms with Crippen LogP contribution >= 0.6 is 0 Å². The van der Waals surface area contributed by atoms with E-state index in [1.165, 1.54) is 25.7 Å². The molecule has 0 aromatic carbocycles. The van der Waals surface area contributed by atoms with Gasteiger partial charge in [-0.15, -0.1) is 0 Å². The van der Waals surface area contributed by atoms with Gasteiger partial charge >= 0.3 is 0 Å². The molecule has 0 bridgehead atoms. The number of hydrogen-bond acceptors (Lipinski definition) is 3. The molecule has 2 rings (SSSR count). The minimum atomic E-state index is -0.407. The lowest BCUT2D eigenvalue weighted by Crippen LogP contribution is -2.41. The second kappa shape index (κ2) is 5.28. The fourth-order valence-electron chi connectivity index (χ4n) is 2.69. The van der Waals surface area contributed by atoms with E-state index in [-0.39, 0.29) is 0 Å². The molecule has 1 saturated heterocycles. The number of rotatable bonds is 4. The minimum absolute atomic E-state index is 0.407. The molecule has 2 aliphatic rings. The summed E-state index contributed by atoms with van der Waals surface area (Å²) in [5.41, 5.74) is -0.407. The molecular formula is C12H23NO2. The lowest BCUT2D eigenvalue weighted by atomic mass is 10.00. The van der Waals surface area contributed by atoms with Crippen molar-refractivity contribution in [2.75, 3.05) is 26.3 Å². The normalized spacial score (nSPS) is 30.6. The van der Waals surface area contributed by atoms with Crippen molar-refractivity contribution in [3.63, 3.8) is 0 Å². The highest BCUT2D eigenvalue weighted by Gasteiger charge is 2.30. The molecule has 2 N–H and O–H groups in total. The molecule has 0 aromatic heterocycles. The van der Waals surface area contributed by atoms with Crippen LogP contribution in [0, 0.1) is 5.92 Å². The topological polar surface area (TPSA) is 41.5 Å².